The van der Waals surface area contributed by atoms with E-state index >= 15 is 0 Å². The summed E-state index contributed by atoms with van der Waals surface area (Å²) in [7, 11) is 0. The Morgan fingerprint density at radius 3 is 2.45 bits per heavy atom. The van der Waals surface area contributed by atoms with E-state index in [2.05, 4.69) is 0 Å². The smallest absolute Gasteiger partial charge is 0.410 e. The highest BCUT2D eigenvalue weighted by Gasteiger charge is 2.32. The fourth-order valence-electron chi connectivity index (χ4n) is 2.60. The summed E-state index contributed by atoms with van der Waals surface area (Å²) in [6.07, 6.45) is 1.36. The van der Waals surface area contributed by atoms with E-state index in [9.17, 15) is 9.59 Å². The predicted octanol–water partition coefficient (Wildman–Crippen LogP) is 1.24. The molecule has 0 saturated carbocycles. The third kappa shape index (κ3) is 3.85. The van der Waals surface area contributed by atoms with Gasteiger partial charge in [0.25, 0.3) is 0 Å². The molecule has 2 rings (SSSR count). The molecule has 6 nitrogen and oxygen atoms in total. The molecule has 0 N–H and O–H groups in total. The summed E-state index contributed by atoms with van der Waals surface area (Å²) in [5.41, 5.74) is -0.464. The number of rotatable bonds is 1. The third-order valence-corrected chi connectivity index (χ3v) is 3.58. The number of ether oxygens (including phenoxy) is 2. The average Bonchev–Trinajstić information content (AvgIpc) is 2.37. The SMILES string of the molecule is CC(C)(C)OC(=O)N1CCC(N2CCOCC2=O)CC1. The van der Waals surface area contributed by atoms with Crippen LogP contribution in [-0.2, 0) is 14.3 Å². The third-order valence-electron chi connectivity index (χ3n) is 3.58. The molecule has 0 atom stereocenters. The number of morpholine rings is 1. The molecule has 0 spiro atoms. The van der Waals surface area contributed by atoms with Crippen molar-refractivity contribution in [3.63, 3.8) is 0 Å². The monoisotopic (exact) mass is 284 g/mol. The van der Waals surface area contributed by atoms with Crippen LogP contribution in [0.25, 0.3) is 0 Å². The van der Waals surface area contributed by atoms with Crippen LogP contribution >= 0.6 is 0 Å². The minimum absolute atomic E-state index is 0.0620. The molecule has 2 heterocycles. The van der Waals surface area contributed by atoms with Crippen molar-refractivity contribution in [1.29, 1.82) is 0 Å². The van der Waals surface area contributed by atoms with Crippen molar-refractivity contribution in [1.82, 2.24) is 9.80 Å². The Morgan fingerprint density at radius 1 is 1.25 bits per heavy atom. The Balaban J connectivity index is 1.83. The molecule has 2 fully saturated rings. The van der Waals surface area contributed by atoms with E-state index in [4.69, 9.17) is 9.47 Å². The van der Waals surface area contributed by atoms with Crippen LogP contribution in [0.4, 0.5) is 4.79 Å². The molecule has 2 aliphatic heterocycles. The lowest BCUT2D eigenvalue weighted by Gasteiger charge is -2.40. The van der Waals surface area contributed by atoms with E-state index in [1.807, 2.05) is 25.7 Å². The first-order valence-corrected chi connectivity index (χ1v) is 7.22. The first-order chi connectivity index (χ1) is 9.37. The van der Waals surface area contributed by atoms with Gasteiger partial charge in [-0.15, -0.1) is 0 Å². The number of amides is 2. The number of piperidine rings is 1. The molecule has 0 bridgehead atoms. The maximum atomic E-state index is 12.0. The van der Waals surface area contributed by atoms with E-state index in [1.54, 1.807) is 4.90 Å². The molecule has 6 heteroatoms. The zero-order valence-corrected chi connectivity index (χ0v) is 12.6. The van der Waals surface area contributed by atoms with Gasteiger partial charge < -0.3 is 19.3 Å². The van der Waals surface area contributed by atoms with Crippen LogP contribution in [0.2, 0.25) is 0 Å². The van der Waals surface area contributed by atoms with Gasteiger partial charge in [0.05, 0.1) is 6.61 Å². The Hall–Kier alpha value is -1.30. The van der Waals surface area contributed by atoms with Crippen LogP contribution in [0.15, 0.2) is 0 Å². The highest BCUT2D eigenvalue weighted by atomic mass is 16.6. The van der Waals surface area contributed by atoms with Crippen molar-refractivity contribution in [2.24, 2.45) is 0 Å². The van der Waals surface area contributed by atoms with E-state index in [1.165, 1.54) is 0 Å². The normalized spacial score (nSPS) is 22.1. The molecule has 0 aromatic heterocycles. The molecule has 0 radical (unpaired) electrons. The predicted molar refractivity (Wildman–Crippen MR) is 73.4 cm³/mol. The topological polar surface area (TPSA) is 59.1 Å². The fourth-order valence-corrected chi connectivity index (χ4v) is 2.60. The van der Waals surface area contributed by atoms with Crippen molar-refractivity contribution in [2.75, 3.05) is 32.8 Å². The molecule has 2 amide bonds. The van der Waals surface area contributed by atoms with Gasteiger partial charge in [0.15, 0.2) is 0 Å². The largest absolute Gasteiger partial charge is 0.444 e. The number of hydrogen-bond donors (Lipinski definition) is 0. The van der Waals surface area contributed by atoms with Crippen molar-refractivity contribution in [3.8, 4) is 0 Å². The number of likely N-dealkylation sites (tertiary alicyclic amines) is 1. The Labute approximate surface area is 120 Å². The van der Waals surface area contributed by atoms with Crippen molar-refractivity contribution >= 4 is 12.0 Å². The molecule has 20 heavy (non-hydrogen) atoms. The first-order valence-electron chi connectivity index (χ1n) is 7.22. The summed E-state index contributed by atoms with van der Waals surface area (Å²) in [5, 5.41) is 0. The standard InChI is InChI=1S/C14H24N2O4/c1-14(2,3)20-13(18)15-6-4-11(5-7-15)16-8-9-19-10-12(16)17/h11H,4-10H2,1-3H3. The minimum Gasteiger partial charge on any atom is -0.444 e. The van der Waals surface area contributed by atoms with Crippen LogP contribution in [0, 0.1) is 0 Å². The van der Waals surface area contributed by atoms with Gasteiger partial charge in [-0.3, -0.25) is 4.79 Å². The van der Waals surface area contributed by atoms with Crippen LogP contribution in [-0.4, -0.2) is 66.3 Å². The van der Waals surface area contributed by atoms with Crippen LogP contribution in [0.5, 0.6) is 0 Å². The Bertz CT molecular complexity index is 370. The summed E-state index contributed by atoms with van der Waals surface area (Å²) >= 11 is 0. The zero-order valence-electron chi connectivity index (χ0n) is 12.6. The van der Waals surface area contributed by atoms with E-state index in [0.717, 1.165) is 12.8 Å². The molecule has 0 unspecified atom stereocenters. The number of carbonyl (C=O) groups is 2. The number of hydrogen-bond acceptors (Lipinski definition) is 4. The van der Waals surface area contributed by atoms with Crippen LogP contribution in [0.1, 0.15) is 33.6 Å². The van der Waals surface area contributed by atoms with E-state index in [-0.39, 0.29) is 24.6 Å². The van der Waals surface area contributed by atoms with Gasteiger partial charge in [0.1, 0.15) is 12.2 Å². The van der Waals surface area contributed by atoms with Crippen molar-refractivity contribution < 1.29 is 19.1 Å². The van der Waals surface area contributed by atoms with Gasteiger partial charge >= 0.3 is 6.09 Å². The van der Waals surface area contributed by atoms with E-state index < -0.39 is 5.60 Å². The lowest BCUT2D eigenvalue weighted by molar-refractivity contribution is -0.146. The van der Waals surface area contributed by atoms with Gasteiger partial charge in [0, 0.05) is 25.7 Å². The average molecular weight is 284 g/mol. The zero-order chi connectivity index (χ0) is 14.8. The Kier molecular flexibility index (Phi) is 4.52. The second-order valence-electron chi connectivity index (χ2n) is 6.34. The van der Waals surface area contributed by atoms with Crippen molar-refractivity contribution in [3.05, 3.63) is 0 Å². The molecule has 114 valence electrons. The Morgan fingerprint density at radius 2 is 1.90 bits per heavy atom. The van der Waals surface area contributed by atoms with Gasteiger partial charge in [-0.1, -0.05) is 0 Å². The highest BCUT2D eigenvalue weighted by Crippen LogP contribution is 2.20. The van der Waals surface area contributed by atoms with Gasteiger partial charge in [-0.05, 0) is 33.6 Å². The molecule has 2 aliphatic rings. The van der Waals surface area contributed by atoms with Crippen LogP contribution in [0.3, 0.4) is 0 Å². The van der Waals surface area contributed by atoms with Gasteiger partial charge in [0.2, 0.25) is 5.91 Å². The highest BCUT2D eigenvalue weighted by molar-refractivity contribution is 5.78. The summed E-state index contributed by atoms with van der Waals surface area (Å²) in [6, 6.07) is 0.227. The minimum atomic E-state index is -0.464. The molecule has 0 aliphatic carbocycles. The maximum Gasteiger partial charge on any atom is 0.410 e. The van der Waals surface area contributed by atoms with Crippen molar-refractivity contribution in [2.45, 2.75) is 45.3 Å². The summed E-state index contributed by atoms with van der Waals surface area (Å²) in [5.74, 6) is 0.0620. The quantitative estimate of drug-likeness (QED) is 0.727. The fraction of sp³-hybridized carbons (Fsp3) is 0.857. The van der Waals surface area contributed by atoms with E-state index in [0.29, 0.717) is 26.2 Å². The lowest BCUT2D eigenvalue weighted by Crippen LogP contribution is -2.53. The van der Waals surface area contributed by atoms with Crippen LogP contribution < -0.4 is 0 Å². The molecule has 0 aromatic rings. The summed E-state index contributed by atoms with van der Waals surface area (Å²) in [4.78, 5) is 27.4. The summed E-state index contributed by atoms with van der Waals surface area (Å²) < 4.78 is 10.5. The maximum absolute atomic E-state index is 12.0. The number of carbonyl (C=O) groups excluding carboxylic acids is 2. The second kappa shape index (κ2) is 5.99. The second-order valence-corrected chi connectivity index (χ2v) is 6.34. The van der Waals surface area contributed by atoms with Gasteiger partial charge in [-0.2, -0.15) is 0 Å². The van der Waals surface area contributed by atoms with Gasteiger partial charge in [-0.25, -0.2) is 4.79 Å². The molecule has 2 saturated heterocycles. The molecular formula is C14H24N2O4. The summed E-state index contributed by atoms with van der Waals surface area (Å²) in [6.45, 7) is 8.34. The molecular weight excluding hydrogens is 260 g/mol. The first kappa shape index (κ1) is 15.1. The molecule has 0 aromatic carbocycles. The lowest BCUT2D eigenvalue weighted by atomic mass is 10.0. The number of nitrogens with zero attached hydrogens (tertiary/aromatic N) is 2.